The average Bonchev–Trinajstić information content (AvgIpc) is 2.89. The molecule has 0 atom stereocenters. The van der Waals surface area contributed by atoms with Gasteiger partial charge in [0.15, 0.2) is 5.75 Å². The van der Waals surface area contributed by atoms with Crippen LogP contribution in [0.4, 0.5) is 5.69 Å². The molecule has 2 aromatic rings. The molecule has 10 heteroatoms. The molecule has 1 aromatic carbocycles. The third kappa shape index (κ3) is 2.92. The first-order valence-corrected chi connectivity index (χ1v) is 6.75. The molecule has 9 nitrogen and oxygen atoms in total. The quantitative estimate of drug-likeness (QED) is 0.614. The molecule has 0 saturated carbocycles. The van der Waals surface area contributed by atoms with Gasteiger partial charge in [-0.15, -0.1) is 0 Å². The molecule has 20 heavy (non-hydrogen) atoms. The molecular weight excluding hydrogens is 290 g/mol. The summed E-state index contributed by atoms with van der Waals surface area (Å²) in [6.07, 6.45) is 1.29. The van der Waals surface area contributed by atoms with E-state index >= 15 is 0 Å². The van der Waals surface area contributed by atoms with Gasteiger partial charge in [-0.25, -0.2) is 13.1 Å². The summed E-state index contributed by atoms with van der Waals surface area (Å²) in [5.41, 5.74) is -0.323. The molecule has 0 amide bonds. The number of aromatic hydroxyl groups is 1. The average molecular weight is 299 g/mol. The first-order chi connectivity index (χ1) is 9.40. The van der Waals surface area contributed by atoms with Gasteiger partial charge in [0, 0.05) is 12.1 Å². The van der Waals surface area contributed by atoms with Gasteiger partial charge in [0.1, 0.15) is 6.26 Å². The van der Waals surface area contributed by atoms with Crippen LogP contribution in [-0.4, -0.2) is 23.6 Å². The van der Waals surface area contributed by atoms with Crippen molar-refractivity contribution in [3.05, 3.63) is 46.3 Å². The van der Waals surface area contributed by atoms with Crippen LogP contribution in [0.3, 0.4) is 0 Å². The van der Waals surface area contributed by atoms with Gasteiger partial charge in [-0.3, -0.25) is 10.1 Å². The fraction of sp³-hybridized carbons (Fsp3) is 0.100. The van der Waals surface area contributed by atoms with Crippen molar-refractivity contribution in [2.24, 2.45) is 0 Å². The van der Waals surface area contributed by atoms with Crippen LogP contribution in [0.5, 0.6) is 5.75 Å². The molecule has 106 valence electrons. The third-order valence-electron chi connectivity index (χ3n) is 2.39. The van der Waals surface area contributed by atoms with Gasteiger partial charge in [-0.2, -0.15) is 0 Å². The first-order valence-electron chi connectivity index (χ1n) is 5.26. The zero-order valence-corrected chi connectivity index (χ0v) is 10.7. The lowest BCUT2D eigenvalue weighted by Crippen LogP contribution is -2.23. The van der Waals surface area contributed by atoms with E-state index in [1.807, 2.05) is 0 Å². The number of aromatic nitrogens is 1. The number of hydrogen-bond donors (Lipinski definition) is 2. The normalized spacial score (nSPS) is 11.4. The minimum absolute atomic E-state index is 0.118. The Labute approximate surface area is 113 Å². The van der Waals surface area contributed by atoms with Gasteiger partial charge in [0.05, 0.1) is 22.1 Å². The van der Waals surface area contributed by atoms with Crippen LogP contribution in [0.2, 0.25) is 0 Å². The van der Waals surface area contributed by atoms with Crippen molar-refractivity contribution < 1.29 is 23.0 Å². The van der Waals surface area contributed by atoms with E-state index in [-0.39, 0.29) is 11.4 Å². The van der Waals surface area contributed by atoms with Crippen LogP contribution in [0.15, 0.2) is 39.9 Å². The number of nitrogens with one attached hydrogen (secondary N) is 1. The SMILES string of the molecule is O=[N+]([O-])c1cc(S(=O)(=O)NCc2ccon2)ccc1O. The zero-order chi connectivity index (χ0) is 14.8. The van der Waals surface area contributed by atoms with Crippen LogP contribution in [-0.2, 0) is 16.6 Å². The maximum absolute atomic E-state index is 11.9. The van der Waals surface area contributed by atoms with E-state index in [2.05, 4.69) is 14.4 Å². The Balaban J connectivity index is 2.25. The second-order valence-electron chi connectivity index (χ2n) is 3.72. The molecule has 2 rings (SSSR count). The zero-order valence-electron chi connectivity index (χ0n) is 9.88. The lowest BCUT2D eigenvalue weighted by molar-refractivity contribution is -0.386. The summed E-state index contributed by atoms with van der Waals surface area (Å²) < 4.78 is 30.6. The number of benzene rings is 1. The number of nitrogens with zero attached hydrogens (tertiary/aromatic N) is 2. The minimum atomic E-state index is -3.96. The predicted octanol–water partition coefficient (Wildman–Crippen LogP) is 0.767. The molecule has 0 spiro atoms. The monoisotopic (exact) mass is 299 g/mol. The summed E-state index contributed by atoms with van der Waals surface area (Å²) in [5, 5.41) is 23.4. The van der Waals surface area contributed by atoms with E-state index in [1.165, 1.54) is 12.3 Å². The van der Waals surface area contributed by atoms with Crippen molar-refractivity contribution in [1.82, 2.24) is 9.88 Å². The van der Waals surface area contributed by atoms with E-state index in [0.29, 0.717) is 5.69 Å². The predicted molar refractivity (Wildman–Crippen MR) is 65.3 cm³/mol. The number of rotatable bonds is 5. The number of phenolic OH excluding ortho intramolecular Hbond substituents is 1. The van der Waals surface area contributed by atoms with Gasteiger partial charge in [-0.05, 0) is 12.1 Å². The molecule has 0 fully saturated rings. The molecule has 0 aliphatic heterocycles. The van der Waals surface area contributed by atoms with Crippen molar-refractivity contribution in [3.8, 4) is 5.75 Å². The Hall–Kier alpha value is -2.46. The summed E-state index contributed by atoms with van der Waals surface area (Å²) in [6.45, 7) is -0.118. The van der Waals surface area contributed by atoms with Crippen molar-refractivity contribution in [1.29, 1.82) is 0 Å². The van der Waals surface area contributed by atoms with E-state index < -0.39 is 26.4 Å². The second kappa shape index (κ2) is 5.27. The van der Waals surface area contributed by atoms with Crippen LogP contribution in [0.1, 0.15) is 5.69 Å². The number of sulfonamides is 1. The molecule has 1 heterocycles. The van der Waals surface area contributed by atoms with Gasteiger partial charge < -0.3 is 9.63 Å². The van der Waals surface area contributed by atoms with E-state index in [0.717, 1.165) is 18.2 Å². The highest BCUT2D eigenvalue weighted by Gasteiger charge is 2.21. The van der Waals surface area contributed by atoms with Crippen molar-refractivity contribution >= 4 is 15.7 Å². The molecule has 0 bridgehead atoms. The largest absolute Gasteiger partial charge is 0.502 e. The van der Waals surface area contributed by atoms with Gasteiger partial charge in [0.25, 0.3) is 0 Å². The highest BCUT2D eigenvalue weighted by atomic mass is 32.2. The summed E-state index contributed by atoms with van der Waals surface area (Å²) in [6, 6.07) is 4.26. The van der Waals surface area contributed by atoms with E-state index in [9.17, 15) is 23.6 Å². The van der Waals surface area contributed by atoms with Crippen LogP contribution >= 0.6 is 0 Å². The standard InChI is InChI=1S/C10H9N3O6S/c14-10-2-1-8(5-9(10)13(15)16)20(17,18)11-6-7-3-4-19-12-7/h1-5,11,14H,6H2. The summed E-state index contributed by atoms with van der Waals surface area (Å²) in [5.74, 6) is -0.606. The Morgan fingerprint density at radius 3 is 2.75 bits per heavy atom. The molecule has 0 aliphatic carbocycles. The lowest BCUT2D eigenvalue weighted by Gasteiger charge is -2.05. The van der Waals surface area contributed by atoms with Crippen molar-refractivity contribution in [2.75, 3.05) is 0 Å². The molecular formula is C10H9N3O6S. The Bertz CT molecular complexity index is 725. The molecule has 0 unspecified atom stereocenters. The first kappa shape index (κ1) is 14.0. The molecule has 0 aliphatic rings. The van der Waals surface area contributed by atoms with Crippen molar-refractivity contribution in [2.45, 2.75) is 11.4 Å². The maximum atomic E-state index is 11.9. The summed E-state index contributed by atoms with van der Waals surface area (Å²) in [7, 11) is -3.96. The number of phenols is 1. The maximum Gasteiger partial charge on any atom is 0.312 e. The van der Waals surface area contributed by atoms with Crippen LogP contribution < -0.4 is 4.72 Å². The molecule has 1 aromatic heterocycles. The Morgan fingerprint density at radius 2 is 2.15 bits per heavy atom. The van der Waals surface area contributed by atoms with Gasteiger partial charge in [-0.1, -0.05) is 5.16 Å². The van der Waals surface area contributed by atoms with E-state index in [1.54, 1.807) is 0 Å². The minimum Gasteiger partial charge on any atom is -0.502 e. The van der Waals surface area contributed by atoms with Crippen molar-refractivity contribution in [3.63, 3.8) is 0 Å². The van der Waals surface area contributed by atoms with Gasteiger partial charge >= 0.3 is 5.69 Å². The van der Waals surface area contributed by atoms with Crippen LogP contribution in [0, 0.1) is 10.1 Å². The molecule has 0 radical (unpaired) electrons. The van der Waals surface area contributed by atoms with E-state index in [4.69, 9.17) is 0 Å². The smallest absolute Gasteiger partial charge is 0.312 e. The van der Waals surface area contributed by atoms with Gasteiger partial charge in [0.2, 0.25) is 10.0 Å². The number of hydrogen-bond acceptors (Lipinski definition) is 7. The summed E-state index contributed by atoms with van der Waals surface area (Å²) in [4.78, 5) is 9.46. The Morgan fingerprint density at radius 1 is 1.40 bits per heavy atom. The third-order valence-corrected chi connectivity index (χ3v) is 3.79. The fourth-order valence-corrected chi connectivity index (χ4v) is 2.42. The topological polar surface area (TPSA) is 136 Å². The second-order valence-corrected chi connectivity index (χ2v) is 5.49. The highest BCUT2D eigenvalue weighted by molar-refractivity contribution is 7.89. The Kier molecular flexibility index (Phi) is 3.68. The molecule has 2 N–H and O–H groups in total. The lowest BCUT2D eigenvalue weighted by atomic mass is 10.3. The van der Waals surface area contributed by atoms with Crippen LogP contribution in [0.25, 0.3) is 0 Å². The highest BCUT2D eigenvalue weighted by Crippen LogP contribution is 2.28. The fourth-order valence-electron chi connectivity index (χ4n) is 1.40. The number of nitro groups is 1. The number of nitro benzene ring substituents is 1. The summed E-state index contributed by atoms with van der Waals surface area (Å²) >= 11 is 0. The molecule has 0 saturated heterocycles.